The second-order valence-corrected chi connectivity index (χ2v) is 9.78. The summed E-state index contributed by atoms with van der Waals surface area (Å²) in [5.74, 6) is 0.464. The Hall–Kier alpha value is -2.69. The van der Waals surface area contributed by atoms with Gasteiger partial charge in [0.05, 0.1) is 4.91 Å². The van der Waals surface area contributed by atoms with Gasteiger partial charge in [0.15, 0.2) is 5.78 Å². The number of thioether (sulfide) groups is 1. The zero-order chi connectivity index (χ0) is 22.1. The lowest BCUT2D eigenvalue weighted by Crippen LogP contribution is -2.27. The summed E-state index contributed by atoms with van der Waals surface area (Å²) in [4.78, 5) is 32.0. The molecule has 3 nitrogen and oxygen atoms in total. The molecule has 1 saturated carbocycles. The van der Waals surface area contributed by atoms with Crippen molar-refractivity contribution in [3.63, 3.8) is 0 Å². The van der Waals surface area contributed by atoms with Crippen molar-refractivity contribution in [3.05, 3.63) is 105 Å². The maximum absolute atomic E-state index is 13.6. The smallest absolute Gasteiger partial charge is 0.200 e. The van der Waals surface area contributed by atoms with Crippen LogP contribution in [-0.2, 0) is 0 Å². The van der Waals surface area contributed by atoms with E-state index >= 15 is 0 Å². The van der Waals surface area contributed by atoms with Crippen LogP contribution in [0.3, 0.4) is 0 Å². The van der Waals surface area contributed by atoms with Crippen LogP contribution in [0.4, 0.5) is 0 Å². The highest BCUT2D eigenvalue weighted by molar-refractivity contribution is 8.04. The third-order valence-electron chi connectivity index (χ3n) is 6.43. The van der Waals surface area contributed by atoms with Crippen molar-refractivity contribution >= 4 is 34.9 Å². The standard InChI is InChI=1S/C27H22ClNO2S/c28-20-14-12-18(13-15-20)17-8-10-19(11-9-17)24-25(30)21-5-1-2-6-22(21)26(31)27(24)32-23-7-3-4-16-29-23/h1-7,12-17,19H,8-11H2. The highest BCUT2D eigenvalue weighted by Crippen LogP contribution is 2.45. The zero-order valence-corrected chi connectivity index (χ0v) is 19.0. The first-order chi connectivity index (χ1) is 15.6. The van der Waals surface area contributed by atoms with E-state index in [4.69, 9.17) is 11.6 Å². The molecule has 5 rings (SSSR count). The molecule has 1 aromatic heterocycles. The lowest BCUT2D eigenvalue weighted by molar-refractivity contribution is 0.0967. The van der Waals surface area contributed by atoms with Crippen molar-refractivity contribution < 1.29 is 9.59 Å². The van der Waals surface area contributed by atoms with Gasteiger partial charge in [0, 0.05) is 27.9 Å². The first-order valence-corrected chi connectivity index (χ1v) is 12.1. The molecule has 0 spiro atoms. The molecule has 160 valence electrons. The monoisotopic (exact) mass is 459 g/mol. The Bertz CT molecular complexity index is 1200. The normalized spacial score (nSPS) is 20.9. The predicted octanol–water partition coefficient (Wildman–Crippen LogP) is 7.13. The molecule has 0 saturated heterocycles. The molecule has 32 heavy (non-hydrogen) atoms. The molecule has 0 unspecified atom stereocenters. The number of Topliss-reactive ketones (excluding diaryl/α,β-unsaturated/α-hetero) is 2. The predicted molar refractivity (Wildman–Crippen MR) is 128 cm³/mol. The minimum absolute atomic E-state index is 0.00595. The minimum atomic E-state index is -0.0642. The number of ketones is 2. The van der Waals surface area contributed by atoms with Gasteiger partial charge in [0.25, 0.3) is 0 Å². The number of pyridine rings is 1. The molecule has 3 aromatic rings. The Balaban J connectivity index is 1.47. The van der Waals surface area contributed by atoms with E-state index in [1.165, 1.54) is 17.3 Å². The van der Waals surface area contributed by atoms with E-state index in [9.17, 15) is 9.59 Å². The molecule has 0 radical (unpaired) electrons. The summed E-state index contributed by atoms with van der Waals surface area (Å²) in [6.07, 6.45) is 5.45. The molecular formula is C27H22ClNO2S. The highest BCUT2D eigenvalue weighted by atomic mass is 35.5. The largest absolute Gasteiger partial charge is 0.289 e. The molecule has 0 amide bonds. The Kier molecular flexibility index (Phi) is 5.99. The second-order valence-electron chi connectivity index (χ2n) is 8.32. The maximum Gasteiger partial charge on any atom is 0.200 e. The number of rotatable bonds is 4. The highest BCUT2D eigenvalue weighted by Gasteiger charge is 2.38. The van der Waals surface area contributed by atoms with Crippen molar-refractivity contribution in [2.24, 2.45) is 5.92 Å². The van der Waals surface area contributed by atoms with Gasteiger partial charge in [-0.15, -0.1) is 0 Å². The van der Waals surface area contributed by atoms with Crippen LogP contribution in [-0.4, -0.2) is 16.6 Å². The molecule has 0 bridgehead atoms. The zero-order valence-electron chi connectivity index (χ0n) is 17.5. The SMILES string of the molecule is O=C1C(Sc2ccccn2)=C(C2CCC(c3ccc(Cl)cc3)CC2)C(=O)c2ccccc21. The van der Waals surface area contributed by atoms with Crippen LogP contribution in [0.1, 0.15) is 57.9 Å². The molecule has 0 N–H and O–H groups in total. The van der Waals surface area contributed by atoms with Gasteiger partial charge >= 0.3 is 0 Å². The van der Waals surface area contributed by atoms with Crippen LogP contribution < -0.4 is 0 Å². The van der Waals surface area contributed by atoms with Gasteiger partial charge in [-0.05, 0) is 67.3 Å². The van der Waals surface area contributed by atoms with Crippen molar-refractivity contribution in [1.29, 1.82) is 0 Å². The van der Waals surface area contributed by atoms with Gasteiger partial charge in [-0.25, -0.2) is 4.98 Å². The Labute approximate surface area is 196 Å². The summed E-state index contributed by atoms with van der Waals surface area (Å²) in [6.45, 7) is 0. The first-order valence-electron chi connectivity index (χ1n) is 10.9. The molecule has 0 atom stereocenters. The summed E-state index contributed by atoms with van der Waals surface area (Å²) in [6, 6.07) is 20.9. The summed E-state index contributed by atoms with van der Waals surface area (Å²) in [5.41, 5.74) is 2.99. The number of hydrogen-bond acceptors (Lipinski definition) is 4. The molecule has 1 heterocycles. The molecule has 1 fully saturated rings. The number of carbonyl (C=O) groups is 2. The van der Waals surface area contributed by atoms with Crippen LogP contribution in [0.2, 0.25) is 5.02 Å². The van der Waals surface area contributed by atoms with E-state index < -0.39 is 0 Å². The number of allylic oxidation sites excluding steroid dienone is 2. The third-order valence-corrected chi connectivity index (χ3v) is 7.75. The van der Waals surface area contributed by atoms with E-state index in [0.717, 1.165) is 35.7 Å². The number of halogens is 1. The van der Waals surface area contributed by atoms with Crippen LogP contribution in [0.5, 0.6) is 0 Å². The number of benzene rings is 2. The van der Waals surface area contributed by atoms with Crippen LogP contribution in [0.15, 0.2) is 88.4 Å². The lowest BCUT2D eigenvalue weighted by atomic mass is 9.72. The molecule has 2 aromatic carbocycles. The number of carbonyl (C=O) groups excluding carboxylic acids is 2. The van der Waals surface area contributed by atoms with E-state index in [2.05, 4.69) is 17.1 Å². The van der Waals surface area contributed by atoms with Crippen LogP contribution >= 0.6 is 23.4 Å². The Morgan fingerprint density at radius 3 is 2.03 bits per heavy atom. The topological polar surface area (TPSA) is 47.0 Å². The van der Waals surface area contributed by atoms with Gasteiger partial charge in [-0.2, -0.15) is 0 Å². The minimum Gasteiger partial charge on any atom is -0.289 e. The molecule has 2 aliphatic carbocycles. The van der Waals surface area contributed by atoms with Crippen molar-refractivity contribution in [3.8, 4) is 0 Å². The number of fused-ring (bicyclic) bond motifs is 1. The Morgan fingerprint density at radius 1 is 0.750 bits per heavy atom. The molecule has 2 aliphatic rings. The van der Waals surface area contributed by atoms with E-state index in [1.807, 2.05) is 42.5 Å². The van der Waals surface area contributed by atoms with Gasteiger partial charge in [-0.3, -0.25) is 9.59 Å². The van der Waals surface area contributed by atoms with Gasteiger partial charge in [0.1, 0.15) is 5.03 Å². The van der Waals surface area contributed by atoms with Gasteiger partial charge in [0.2, 0.25) is 5.78 Å². The average molecular weight is 460 g/mol. The molecular weight excluding hydrogens is 438 g/mol. The first kappa shape index (κ1) is 21.2. The maximum atomic E-state index is 13.6. The summed E-state index contributed by atoms with van der Waals surface area (Å²) in [7, 11) is 0. The average Bonchev–Trinajstić information content (AvgIpc) is 2.84. The van der Waals surface area contributed by atoms with Crippen molar-refractivity contribution in [2.75, 3.05) is 0 Å². The number of hydrogen-bond donors (Lipinski definition) is 0. The van der Waals surface area contributed by atoms with E-state index in [0.29, 0.717) is 27.5 Å². The fraction of sp³-hybridized carbons (Fsp3) is 0.222. The fourth-order valence-electron chi connectivity index (χ4n) is 4.81. The van der Waals surface area contributed by atoms with Gasteiger partial charge in [-0.1, -0.05) is 65.8 Å². The van der Waals surface area contributed by atoms with E-state index in [-0.39, 0.29) is 17.5 Å². The number of aromatic nitrogens is 1. The van der Waals surface area contributed by atoms with Crippen LogP contribution in [0, 0.1) is 5.92 Å². The Morgan fingerprint density at radius 2 is 1.38 bits per heavy atom. The van der Waals surface area contributed by atoms with E-state index in [1.54, 1.807) is 18.3 Å². The summed E-state index contributed by atoms with van der Waals surface area (Å²) >= 11 is 7.37. The quantitative estimate of drug-likeness (QED) is 0.416. The molecule has 0 aliphatic heterocycles. The van der Waals surface area contributed by atoms with Crippen molar-refractivity contribution in [1.82, 2.24) is 4.98 Å². The lowest BCUT2D eigenvalue weighted by Gasteiger charge is -2.32. The third kappa shape index (κ3) is 4.05. The summed E-state index contributed by atoms with van der Waals surface area (Å²) in [5, 5.41) is 1.48. The van der Waals surface area contributed by atoms with Crippen molar-refractivity contribution in [2.45, 2.75) is 36.6 Å². The molecule has 5 heteroatoms. The van der Waals surface area contributed by atoms with Crippen LogP contribution in [0.25, 0.3) is 0 Å². The number of nitrogens with zero attached hydrogens (tertiary/aromatic N) is 1. The fourth-order valence-corrected chi connectivity index (χ4v) is 5.97. The van der Waals surface area contributed by atoms with Gasteiger partial charge < -0.3 is 0 Å². The second kappa shape index (κ2) is 9.05. The summed E-state index contributed by atoms with van der Waals surface area (Å²) < 4.78 is 0.